The third kappa shape index (κ3) is 3.03. The highest BCUT2D eigenvalue weighted by Gasteiger charge is 2.17. The quantitative estimate of drug-likeness (QED) is 0.747. The lowest BCUT2D eigenvalue weighted by Crippen LogP contribution is -2.10. The summed E-state index contributed by atoms with van der Waals surface area (Å²) in [6.45, 7) is 1.65. The van der Waals surface area contributed by atoms with Crippen molar-refractivity contribution >= 4 is 5.97 Å². The maximum absolute atomic E-state index is 14.2. The predicted molar refractivity (Wildman–Crippen MR) is 82.9 cm³/mol. The highest BCUT2D eigenvalue weighted by atomic mass is 19.1. The number of halogens is 1. The van der Waals surface area contributed by atoms with E-state index in [1.807, 2.05) is 6.07 Å². The van der Waals surface area contributed by atoms with E-state index in [0.717, 1.165) is 0 Å². The lowest BCUT2D eigenvalue weighted by molar-refractivity contribution is 0.0331. The van der Waals surface area contributed by atoms with Crippen LogP contribution in [-0.2, 0) is 4.74 Å². The van der Waals surface area contributed by atoms with Gasteiger partial charge in [0.05, 0.1) is 0 Å². The molecule has 3 rings (SSSR count). The molecule has 0 spiro atoms. The molecule has 0 radical (unpaired) electrons. The second-order valence-corrected chi connectivity index (χ2v) is 5.11. The molecule has 0 saturated heterocycles. The van der Waals surface area contributed by atoms with Crippen molar-refractivity contribution in [2.45, 2.75) is 13.0 Å². The van der Waals surface area contributed by atoms with Gasteiger partial charge in [0.25, 0.3) is 0 Å². The summed E-state index contributed by atoms with van der Waals surface area (Å²) in [5.41, 5.74) is 1.27. The van der Waals surface area contributed by atoms with Crippen LogP contribution < -0.4 is 0 Å². The van der Waals surface area contributed by atoms with Crippen LogP contribution in [0.1, 0.15) is 34.8 Å². The molecule has 0 bridgehead atoms. The molecular formula is C17H13FN4O2. The Morgan fingerprint density at radius 1 is 1.42 bits per heavy atom. The fourth-order valence-electron chi connectivity index (χ4n) is 2.24. The first-order valence-electron chi connectivity index (χ1n) is 7.18. The van der Waals surface area contributed by atoms with E-state index in [-0.39, 0.29) is 11.4 Å². The highest BCUT2D eigenvalue weighted by Crippen LogP contribution is 2.22. The smallest absolute Gasteiger partial charge is 0.355 e. The summed E-state index contributed by atoms with van der Waals surface area (Å²) in [6, 6.07) is 11.1. The van der Waals surface area contributed by atoms with E-state index >= 15 is 0 Å². The van der Waals surface area contributed by atoms with Gasteiger partial charge in [0.2, 0.25) is 0 Å². The third-order valence-electron chi connectivity index (χ3n) is 3.50. The summed E-state index contributed by atoms with van der Waals surface area (Å²) in [5.74, 6) is -1.08. The second kappa shape index (κ2) is 6.38. The number of nitrogens with one attached hydrogen (secondary N) is 1. The number of benzene rings is 1. The summed E-state index contributed by atoms with van der Waals surface area (Å²) < 4.78 is 21.0. The zero-order chi connectivity index (χ0) is 17.1. The van der Waals surface area contributed by atoms with Crippen LogP contribution in [0.25, 0.3) is 5.69 Å². The third-order valence-corrected chi connectivity index (χ3v) is 3.50. The lowest BCUT2D eigenvalue weighted by Gasteiger charge is -2.14. The molecule has 0 aliphatic carbocycles. The van der Waals surface area contributed by atoms with Crippen LogP contribution in [0.5, 0.6) is 0 Å². The fourth-order valence-corrected chi connectivity index (χ4v) is 2.24. The number of rotatable bonds is 4. The molecule has 1 atom stereocenters. The Bertz CT molecular complexity index is 909. The maximum Gasteiger partial charge on any atom is 0.355 e. The van der Waals surface area contributed by atoms with Crippen molar-refractivity contribution in [3.05, 3.63) is 71.6 Å². The molecular weight excluding hydrogens is 311 g/mol. The number of hydrogen-bond donors (Lipinski definition) is 1. The molecule has 0 aliphatic rings. The molecule has 7 heteroatoms. The van der Waals surface area contributed by atoms with Crippen LogP contribution in [0, 0.1) is 17.1 Å². The maximum atomic E-state index is 14.2. The Balaban J connectivity index is 1.75. The Hall–Kier alpha value is -3.40. The van der Waals surface area contributed by atoms with Gasteiger partial charge in [0.15, 0.2) is 0 Å². The van der Waals surface area contributed by atoms with E-state index in [2.05, 4.69) is 10.1 Å². The normalized spacial score (nSPS) is 11.7. The van der Waals surface area contributed by atoms with Crippen molar-refractivity contribution in [1.82, 2.24) is 14.8 Å². The number of esters is 1. The number of carbonyl (C=O) groups is 1. The minimum Gasteiger partial charge on any atom is -0.453 e. The lowest BCUT2D eigenvalue weighted by atomic mass is 10.1. The number of aromatic nitrogens is 3. The first-order chi connectivity index (χ1) is 11.6. The number of nitriles is 1. The zero-order valence-electron chi connectivity index (χ0n) is 12.7. The van der Waals surface area contributed by atoms with E-state index in [9.17, 15) is 9.18 Å². The molecule has 0 unspecified atom stereocenters. The van der Waals surface area contributed by atoms with Gasteiger partial charge in [-0.15, -0.1) is 0 Å². The van der Waals surface area contributed by atoms with Gasteiger partial charge in [-0.2, -0.15) is 10.4 Å². The Morgan fingerprint density at radius 3 is 2.88 bits per heavy atom. The molecule has 0 amide bonds. The van der Waals surface area contributed by atoms with Gasteiger partial charge >= 0.3 is 5.97 Å². The van der Waals surface area contributed by atoms with Crippen LogP contribution in [0.4, 0.5) is 4.39 Å². The van der Waals surface area contributed by atoms with E-state index < -0.39 is 17.9 Å². The van der Waals surface area contributed by atoms with Gasteiger partial charge in [-0.3, -0.25) is 0 Å². The summed E-state index contributed by atoms with van der Waals surface area (Å²) in [6.07, 6.45) is 2.55. The van der Waals surface area contributed by atoms with E-state index in [4.69, 9.17) is 10.00 Å². The van der Waals surface area contributed by atoms with Crippen molar-refractivity contribution in [1.29, 1.82) is 5.26 Å². The minimum atomic E-state index is -0.646. The molecule has 0 fully saturated rings. The van der Waals surface area contributed by atoms with Crippen molar-refractivity contribution in [2.75, 3.05) is 0 Å². The average molecular weight is 324 g/mol. The van der Waals surface area contributed by atoms with Crippen molar-refractivity contribution in [2.24, 2.45) is 0 Å². The molecule has 2 heterocycles. The largest absolute Gasteiger partial charge is 0.453 e. The summed E-state index contributed by atoms with van der Waals surface area (Å²) in [5, 5.41) is 12.7. The summed E-state index contributed by atoms with van der Waals surface area (Å²) >= 11 is 0. The van der Waals surface area contributed by atoms with E-state index in [0.29, 0.717) is 11.3 Å². The Morgan fingerprint density at radius 2 is 2.25 bits per heavy atom. The first kappa shape index (κ1) is 15.5. The number of ether oxygens (including phenoxy) is 1. The van der Waals surface area contributed by atoms with Gasteiger partial charge in [-0.1, -0.05) is 6.07 Å². The zero-order valence-corrected chi connectivity index (χ0v) is 12.7. The van der Waals surface area contributed by atoms with Crippen LogP contribution in [-0.4, -0.2) is 20.7 Å². The molecule has 3 aromatic rings. The number of aromatic amines is 1. The number of hydrogen-bond acceptors (Lipinski definition) is 4. The van der Waals surface area contributed by atoms with Crippen LogP contribution in [0.15, 0.2) is 48.8 Å². The standard InChI is InChI=1S/C17H13FN4O2/c1-11(24-17(23)15-5-4-13(10-19)21-15)12-3-6-16(14(18)9-12)22-8-2-7-20-22/h2-9,11,21H,1H3/t11-/m1/s1. The SMILES string of the molecule is C[C@@H](OC(=O)c1ccc(C#N)[nH]1)c1ccc(-n2cccn2)c(F)c1. The average Bonchev–Trinajstić information content (AvgIpc) is 3.26. The molecule has 0 saturated carbocycles. The van der Waals surface area contributed by atoms with Gasteiger partial charge in [-0.05, 0) is 42.8 Å². The summed E-state index contributed by atoms with van der Waals surface area (Å²) in [7, 11) is 0. The van der Waals surface area contributed by atoms with Crippen LogP contribution in [0.2, 0.25) is 0 Å². The Labute approximate surface area is 137 Å². The summed E-state index contributed by atoms with van der Waals surface area (Å²) in [4.78, 5) is 14.7. The molecule has 1 N–H and O–H groups in total. The molecule has 2 aromatic heterocycles. The molecule has 120 valence electrons. The molecule has 0 aliphatic heterocycles. The monoisotopic (exact) mass is 324 g/mol. The van der Waals surface area contributed by atoms with Crippen molar-refractivity contribution < 1.29 is 13.9 Å². The number of nitrogens with zero attached hydrogens (tertiary/aromatic N) is 3. The van der Waals surface area contributed by atoms with Crippen LogP contribution in [0.3, 0.4) is 0 Å². The fraction of sp³-hybridized carbons (Fsp3) is 0.118. The van der Waals surface area contributed by atoms with Crippen molar-refractivity contribution in [3.63, 3.8) is 0 Å². The topological polar surface area (TPSA) is 83.7 Å². The van der Waals surface area contributed by atoms with Gasteiger partial charge in [0, 0.05) is 12.4 Å². The molecule has 24 heavy (non-hydrogen) atoms. The Kier molecular flexibility index (Phi) is 4.12. The van der Waals surface area contributed by atoms with Gasteiger partial charge < -0.3 is 9.72 Å². The molecule has 6 nitrogen and oxygen atoms in total. The van der Waals surface area contributed by atoms with E-state index in [1.54, 1.807) is 37.5 Å². The number of carbonyl (C=O) groups excluding carboxylic acids is 1. The van der Waals surface area contributed by atoms with Gasteiger partial charge in [-0.25, -0.2) is 13.9 Å². The second-order valence-electron chi connectivity index (χ2n) is 5.11. The molecule has 1 aromatic carbocycles. The van der Waals surface area contributed by atoms with E-state index in [1.165, 1.54) is 22.9 Å². The highest BCUT2D eigenvalue weighted by molar-refractivity contribution is 5.87. The number of H-pyrrole nitrogens is 1. The minimum absolute atomic E-state index is 0.173. The predicted octanol–water partition coefficient (Wildman–Crippen LogP) is 3.13. The van der Waals surface area contributed by atoms with Gasteiger partial charge in [0.1, 0.15) is 35.1 Å². The first-order valence-corrected chi connectivity index (χ1v) is 7.18. The van der Waals surface area contributed by atoms with Crippen molar-refractivity contribution in [3.8, 4) is 11.8 Å². The van der Waals surface area contributed by atoms with Crippen LogP contribution >= 0.6 is 0 Å².